The van der Waals surface area contributed by atoms with Crippen LogP contribution in [0.25, 0.3) is 0 Å². The summed E-state index contributed by atoms with van der Waals surface area (Å²) in [4.78, 5) is 15.0. The van der Waals surface area contributed by atoms with Crippen molar-refractivity contribution in [2.24, 2.45) is 0 Å². The molecule has 28 heavy (non-hydrogen) atoms. The van der Waals surface area contributed by atoms with E-state index in [1.54, 1.807) is 19.1 Å². The first-order chi connectivity index (χ1) is 13.4. The number of sulfone groups is 1. The van der Waals surface area contributed by atoms with E-state index in [1.165, 1.54) is 0 Å². The topological polar surface area (TPSA) is 66.5 Å². The van der Waals surface area contributed by atoms with Gasteiger partial charge in [0.2, 0.25) is 5.91 Å². The Kier molecular flexibility index (Phi) is 6.39. The minimum Gasteiger partial charge on any atom is -0.371 e. The van der Waals surface area contributed by atoms with Crippen molar-refractivity contribution in [1.82, 2.24) is 5.32 Å². The number of hydrogen-bond donors (Lipinski definition) is 1. The number of hydrogen-bond acceptors (Lipinski definition) is 4. The lowest BCUT2D eigenvalue weighted by molar-refractivity contribution is -0.121. The van der Waals surface area contributed by atoms with Crippen LogP contribution in [-0.4, -0.2) is 39.2 Å². The molecule has 0 spiro atoms. The first kappa shape index (κ1) is 20.4. The van der Waals surface area contributed by atoms with E-state index in [1.807, 2.05) is 43.3 Å². The van der Waals surface area contributed by atoms with Crippen LogP contribution in [0.2, 0.25) is 0 Å². The number of carbonyl (C=O) groups excluding carboxylic acids is 1. The molecule has 150 valence electrons. The molecular formula is C22H28N2O3S. The van der Waals surface area contributed by atoms with E-state index in [2.05, 4.69) is 10.2 Å². The van der Waals surface area contributed by atoms with Crippen LogP contribution in [0.1, 0.15) is 30.9 Å². The van der Waals surface area contributed by atoms with Crippen LogP contribution in [-0.2, 0) is 21.1 Å². The summed E-state index contributed by atoms with van der Waals surface area (Å²) in [5.74, 6) is 0.182. The maximum absolute atomic E-state index is 12.4. The number of aryl methyl sites for hydroxylation is 1. The Bertz CT molecular complexity index is 915. The van der Waals surface area contributed by atoms with Crippen molar-refractivity contribution in [2.75, 3.05) is 23.7 Å². The van der Waals surface area contributed by atoms with Crippen LogP contribution >= 0.6 is 0 Å². The van der Waals surface area contributed by atoms with Gasteiger partial charge in [0.15, 0.2) is 9.84 Å². The molecule has 0 aliphatic carbocycles. The van der Waals surface area contributed by atoms with E-state index in [0.29, 0.717) is 11.3 Å². The second-order valence-electron chi connectivity index (χ2n) is 7.33. The van der Waals surface area contributed by atoms with Crippen molar-refractivity contribution < 1.29 is 13.2 Å². The van der Waals surface area contributed by atoms with Crippen LogP contribution in [0.5, 0.6) is 0 Å². The van der Waals surface area contributed by atoms with Gasteiger partial charge in [-0.2, -0.15) is 0 Å². The molecule has 1 fully saturated rings. The van der Waals surface area contributed by atoms with Crippen molar-refractivity contribution in [1.29, 1.82) is 0 Å². The summed E-state index contributed by atoms with van der Waals surface area (Å²) in [5, 5.41) is 3.16. The summed E-state index contributed by atoms with van der Waals surface area (Å²) in [6.45, 7) is 5.36. The number of benzene rings is 2. The van der Waals surface area contributed by atoms with Gasteiger partial charge < -0.3 is 10.2 Å². The standard InChI is InChI=1S/C22H28N2O3S/c1-3-28(26,27)21-10-8-20(9-11-21)24-14-12-19(13-15-24)23-22(25)16-18-7-5-4-6-17(18)2/h4-11,19H,3,12-16H2,1-2H3,(H,23,25). The minimum absolute atomic E-state index is 0.0712. The largest absolute Gasteiger partial charge is 0.371 e. The molecule has 3 rings (SSSR count). The predicted octanol–water partition coefficient (Wildman–Crippen LogP) is 3.12. The second kappa shape index (κ2) is 8.78. The number of carbonyl (C=O) groups is 1. The van der Waals surface area contributed by atoms with Gasteiger partial charge in [-0.3, -0.25) is 4.79 Å². The third-order valence-corrected chi connectivity index (χ3v) is 7.16. The normalized spacial score (nSPS) is 15.4. The smallest absolute Gasteiger partial charge is 0.224 e. The summed E-state index contributed by atoms with van der Waals surface area (Å²) in [7, 11) is -3.16. The molecule has 0 bridgehead atoms. The minimum atomic E-state index is -3.16. The third-order valence-electron chi connectivity index (χ3n) is 5.41. The summed E-state index contributed by atoms with van der Waals surface area (Å²) >= 11 is 0. The molecule has 0 unspecified atom stereocenters. The molecule has 1 aliphatic heterocycles. The van der Waals surface area contributed by atoms with E-state index in [4.69, 9.17) is 0 Å². The van der Waals surface area contributed by atoms with Gasteiger partial charge in [-0.15, -0.1) is 0 Å². The van der Waals surface area contributed by atoms with Gasteiger partial charge in [-0.1, -0.05) is 31.2 Å². The fourth-order valence-electron chi connectivity index (χ4n) is 3.57. The Balaban J connectivity index is 1.52. The molecule has 2 aromatic carbocycles. The van der Waals surface area contributed by atoms with Gasteiger partial charge >= 0.3 is 0 Å². The van der Waals surface area contributed by atoms with Gasteiger partial charge in [0, 0.05) is 24.8 Å². The number of anilines is 1. The Hall–Kier alpha value is -2.34. The molecule has 1 amide bonds. The lowest BCUT2D eigenvalue weighted by Crippen LogP contribution is -2.45. The molecule has 6 heteroatoms. The van der Waals surface area contributed by atoms with Gasteiger partial charge in [-0.25, -0.2) is 8.42 Å². The Morgan fingerprint density at radius 3 is 2.32 bits per heavy atom. The average molecular weight is 401 g/mol. The lowest BCUT2D eigenvalue weighted by atomic mass is 10.0. The first-order valence-corrected chi connectivity index (χ1v) is 11.5. The molecule has 0 aromatic heterocycles. The highest BCUT2D eigenvalue weighted by atomic mass is 32.2. The average Bonchev–Trinajstić information content (AvgIpc) is 2.70. The fraction of sp³-hybridized carbons (Fsp3) is 0.409. The zero-order valence-corrected chi connectivity index (χ0v) is 17.3. The number of piperidine rings is 1. The maximum Gasteiger partial charge on any atom is 0.224 e. The fourth-order valence-corrected chi connectivity index (χ4v) is 4.46. The molecule has 0 saturated carbocycles. The first-order valence-electron chi connectivity index (χ1n) is 9.80. The highest BCUT2D eigenvalue weighted by molar-refractivity contribution is 7.91. The SMILES string of the molecule is CCS(=O)(=O)c1ccc(N2CCC(NC(=O)Cc3ccccc3C)CC2)cc1. The number of amides is 1. The van der Waals surface area contributed by atoms with E-state index in [0.717, 1.165) is 42.7 Å². The van der Waals surface area contributed by atoms with E-state index in [9.17, 15) is 13.2 Å². The Morgan fingerprint density at radius 1 is 1.07 bits per heavy atom. The molecule has 1 N–H and O–H groups in total. The van der Waals surface area contributed by atoms with E-state index in [-0.39, 0.29) is 17.7 Å². The van der Waals surface area contributed by atoms with Gasteiger partial charge in [0.05, 0.1) is 17.1 Å². The zero-order valence-electron chi connectivity index (χ0n) is 16.5. The third kappa shape index (κ3) is 4.93. The summed E-state index contributed by atoms with van der Waals surface area (Å²) in [6.07, 6.45) is 2.18. The van der Waals surface area contributed by atoms with Gasteiger partial charge in [0.25, 0.3) is 0 Å². The predicted molar refractivity (Wildman–Crippen MR) is 112 cm³/mol. The number of nitrogens with zero attached hydrogens (tertiary/aromatic N) is 1. The molecule has 1 saturated heterocycles. The highest BCUT2D eigenvalue weighted by Gasteiger charge is 2.21. The van der Waals surface area contributed by atoms with Crippen LogP contribution in [0, 0.1) is 6.92 Å². The molecule has 0 atom stereocenters. The van der Waals surface area contributed by atoms with Gasteiger partial charge in [-0.05, 0) is 55.2 Å². The van der Waals surface area contributed by atoms with Gasteiger partial charge in [0.1, 0.15) is 0 Å². The highest BCUT2D eigenvalue weighted by Crippen LogP contribution is 2.22. The van der Waals surface area contributed by atoms with Crippen molar-refractivity contribution in [3.63, 3.8) is 0 Å². The lowest BCUT2D eigenvalue weighted by Gasteiger charge is -2.34. The van der Waals surface area contributed by atoms with Crippen molar-refractivity contribution >= 4 is 21.4 Å². The molecule has 1 heterocycles. The summed E-state index contributed by atoms with van der Waals surface area (Å²) in [5.41, 5.74) is 3.24. The molecule has 2 aromatic rings. The second-order valence-corrected chi connectivity index (χ2v) is 9.61. The maximum atomic E-state index is 12.4. The van der Waals surface area contributed by atoms with E-state index >= 15 is 0 Å². The van der Waals surface area contributed by atoms with Crippen molar-refractivity contribution in [3.8, 4) is 0 Å². The molecular weight excluding hydrogens is 372 g/mol. The van der Waals surface area contributed by atoms with Crippen molar-refractivity contribution in [2.45, 2.75) is 44.0 Å². The molecule has 5 nitrogen and oxygen atoms in total. The van der Waals surface area contributed by atoms with Crippen LogP contribution < -0.4 is 10.2 Å². The summed E-state index contributed by atoms with van der Waals surface area (Å²) < 4.78 is 23.9. The monoisotopic (exact) mass is 400 g/mol. The number of nitrogens with one attached hydrogen (secondary N) is 1. The number of rotatable bonds is 6. The molecule has 1 aliphatic rings. The molecule has 0 radical (unpaired) electrons. The van der Waals surface area contributed by atoms with Crippen molar-refractivity contribution in [3.05, 3.63) is 59.7 Å². The Morgan fingerprint density at radius 2 is 1.71 bits per heavy atom. The summed E-state index contributed by atoms with van der Waals surface area (Å²) in [6, 6.07) is 15.3. The quantitative estimate of drug-likeness (QED) is 0.809. The van der Waals surface area contributed by atoms with E-state index < -0.39 is 9.84 Å². The zero-order chi connectivity index (χ0) is 20.1. The van der Waals surface area contributed by atoms with Crippen LogP contribution in [0.4, 0.5) is 5.69 Å². The Labute approximate surface area is 167 Å². The van der Waals surface area contributed by atoms with Crippen LogP contribution in [0.3, 0.4) is 0 Å². The van der Waals surface area contributed by atoms with Crippen LogP contribution in [0.15, 0.2) is 53.4 Å².